The molecule has 1 aliphatic rings. The van der Waals surface area contributed by atoms with Gasteiger partial charge in [0.2, 0.25) is 0 Å². The van der Waals surface area contributed by atoms with Crippen LogP contribution in [0.25, 0.3) is 0 Å². The fourth-order valence-corrected chi connectivity index (χ4v) is 3.60. The lowest BCUT2D eigenvalue weighted by Gasteiger charge is -2.37. The molecule has 1 saturated heterocycles. The van der Waals surface area contributed by atoms with E-state index in [1.807, 2.05) is 12.4 Å². The number of hydrogen-bond donors (Lipinski definition) is 1. The predicted molar refractivity (Wildman–Crippen MR) is 94.5 cm³/mol. The van der Waals surface area contributed by atoms with E-state index < -0.39 is 11.7 Å². The number of rotatable bonds is 5. The summed E-state index contributed by atoms with van der Waals surface area (Å²) in [4.78, 5) is 2.41. The molecule has 26 heavy (non-hydrogen) atoms. The summed E-state index contributed by atoms with van der Waals surface area (Å²) in [5, 5.41) is 4.35. The quantitative estimate of drug-likeness (QED) is 0.879. The Morgan fingerprint density at radius 3 is 2.54 bits per heavy atom. The van der Waals surface area contributed by atoms with Gasteiger partial charge in [-0.05, 0) is 44.0 Å². The maximum atomic E-state index is 12.6. The second-order valence-electron chi connectivity index (χ2n) is 7.13. The van der Waals surface area contributed by atoms with Gasteiger partial charge in [0.1, 0.15) is 0 Å². The standard InChI is InChI=1S/C19H25F3N4/c1-14(23)18-4-2-3-9-25(18)11-16-10-24-26(13-16)12-15-5-7-17(8-6-15)19(20,21)22/h5-8,10,13-14,18H,2-4,9,11-12,23H2,1H3. The normalized spacial score (nSPS) is 20.3. The summed E-state index contributed by atoms with van der Waals surface area (Å²) in [5.74, 6) is 0. The third-order valence-electron chi connectivity index (χ3n) is 4.97. The number of aromatic nitrogens is 2. The Balaban J connectivity index is 1.62. The molecule has 2 aromatic rings. The van der Waals surface area contributed by atoms with Gasteiger partial charge in [-0.2, -0.15) is 18.3 Å². The first-order valence-corrected chi connectivity index (χ1v) is 9.00. The Bertz CT molecular complexity index is 706. The average molecular weight is 366 g/mol. The number of nitrogens with zero attached hydrogens (tertiary/aromatic N) is 3. The highest BCUT2D eigenvalue weighted by atomic mass is 19.4. The Labute approximate surface area is 151 Å². The number of alkyl halides is 3. The molecule has 0 amide bonds. The van der Waals surface area contributed by atoms with Crippen molar-refractivity contribution in [2.24, 2.45) is 5.73 Å². The molecule has 2 unspecified atom stereocenters. The zero-order valence-electron chi connectivity index (χ0n) is 14.9. The number of benzene rings is 1. The van der Waals surface area contributed by atoms with Crippen LogP contribution in [0.2, 0.25) is 0 Å². The van der Waals surface area contributed by atoms with Gasteiger partial charge in [-0.25, -0.2) is 0 Å². The lowest BCUT2D eigenvalue weighted by atomic mass is 9.96. The van der Waals surface area contributed by atoms with Crippen molar-refractivity contribution in [2.75, 3.05) is 6.54 Å². The molecule has 1 fully saturated rings. The molecule has 1 aromatic carbocycles. The summed E-state index contributed by atoms with van der Waals surface area (Å²) in [6.45, 7) is 4.35. The van der Waals surface area contributed by atoms with Crippen LogP contribution in [0, 0.1) is 0 Å². The number of likely N-dealkylation sites (tertiary alicyclic amines) is 1. The molecule has 0 aliphatic carbocycles. The van der Waals surface area contributed by atoms with Crippen molar-refractivity contribution in [2.45, 2.75) is 57.5 Å². The topological polar surface area (TPSA) is 47.1 Å². The maximum Gasteiger partial charge on any atom is 0.416 e. The summed E-state index contributed by atoms with van der Waals surface area (Å²) < 4.78 is 39.7. The van der Waals surface area contributed by atoms with E-state index in [2.05, 4.69) is 16.9 Å². The molecule has 2 heterocycles. The van der Waals surface area contributed by atoms with Crippen LogP contribution in [-0.4, -0.2) is 33.3 Å². The molecular weight excluding hydrogens is 341 g/mol. The minimum atomic E-state index is -4.30. The maximum absolute atomic E-state index is 12.6. The van der Waals surface area contributed by atoms with E-state index in [1.54, 1.807) is 4.68 Å². The third kappa shape index (κ3) is 4.65. The van der Waals surface area contributed by atoms with Gasteiger partial charge in [0.05, 0.1) is 18.3 Å². The van der Waals surface area contributed by atoms with E-state index >= 15 is 0 Å². The Kier molecular flexibility index (Phi) is 5.67. The van der Waals surface area contributed by atoms with E-state index in [0.29, 0.717) is 12.6 Å². The fraction of sp³-hybridized carbons (Fsp3) is 0.526. The average Bonchev–Trinajstić information content (AvgIpc) is 3.02. The highest BCUT2D eigenvalue weighted by molar-refractivity contribution is 5.24. The number of halogens is 3. The van der Waals surface area contributed by atoms with Crippen molar-refractivity contribution in [3.05, 3.63) is 53.3 Å². The highest BCUT2D eigenvalue weighted by Crippen LogP contribution is 2.29. The van der Waals surface area contributed by atoms with Gasteiger partial charge >= 0.3 is 6.18 Å². The summed E-state index contributed by atoms with van der Waals surface area (Å²) >= 11 is 0. The molecule has 2 atom stereocenters. The molecule has 1 aliphatic heterocycles. The van der Waals surface area contributed by atoms with Crippen LogP contribution in [0.3, 0.4) is 0 Å². The van der Waals surface area contributed by atoms with Crippen LogP contribution < -0.4 is 5.73 Å². The molecule has 0 radical (unpaired) electrons. The molecule has 0 bridgehead atoms. The summed E-state index contributed by atoms with van der Waals surface area (Å²) in [5.41, 5.74) is 7.38. The van der Waals surface area contributed by atoms with Gasteiger partial charge in [0.15, 0.2) is 0 Å². The van der Waals surface area contributed by atoms with Crippen LogP contribution in [0.1, 0.15) is 42.9 Å². The molecule has 1 aromatic heterocycles. The van der Waals surface area contributed by atoms with Crippen molar-refractivity contribution in [3.8, 4) is 0 Å². The zero-order valence-corrected chi connectivity index (χ0v) is 14.9. The molecular formula is C19H25F3N4. The van der Waals surface area contributed by atoms with Crippen molar-refractivity contribution in [1.29, 1.82) is 0 Å². The second-order valence-corrected chi connectivity index (χ2v) is 7.13. The number of piperidine rings is 1. The van der Waals surface area contributed by atoms with E-state index in [0.717, 1.165) is 42.8 Å². The van der Waals surface area contributed by atoms with Gasteiger partial charge in [0, 0.05) is 30.4 Å². The molecule has 0 saturated carbocycles. The molecule has 0 spiro atoms. The Hall–Kier alpha value is -1.86. The fourth-order valence-electron chi connectivity index (χ4n) is 3.60. The van der Waals surface area contributed by atoms with Crippen molar-refractivity contribution >= 4 is 0 Å². The molecule has 4 nitrogen and oxygen atoms in total. The van der Waals surface area contributed by atoms with E-state index in [9.17, 15) is 13.2 Å². The van der Waals surface area contributed by atoms with Gasteiger partial charge in [-0.15, -0.1) is 0 Å². The third-order valence-corrected chi connectivity index (χ3v) is 4.97. The number of hydrogen-bond acceptors (Lipinski definition) is 3. The van der Waals surface area contributed by atoms with Gasteiger partial charge in [-0.3, -0.25) is 9.58 Å². The predicted octanol–water partition coefficient (Wildman–Crippen LogP) is 3.65. The largest absolute Gasteiger partial charge is 0.416 e. The van der Waals surface area contributed by atoms with Crippen molar-refractivity contribution in [3.63, 3.8) is 0 Å². The van der Waals surface area contributed by atoms with Crippen LogP contribution in [-0.2, 0) is 19.3 Å². The lowest BCUT2D eigenvalue weighted by molar-refractivity contribution is -0.137. The van der Waals surface area contributed by atoms with Crippen LogP contribution in [0.5, 0.6) is 0 Å². The SMILES string of the molecule is CC(N)C1CCCCN1Cc1cnn(Cc2ccc(C(F)(F)F)cc2)c1. The Morgan fingerprint density at radius 2 is 1.88 bits per heavy atom. The minimum Gasteiger partial charge on any atom is -0.327 e. The minimum absolute atomic E-state index is 0.137. The van der Waals surface area contributed by atoms with Crippen molar-refractivity contribution in [1.82, 2.24) is 14.7 Å². The molecule has 2 N–H and O–H groups in total. The summed E-state index contributed by atoms with van der Waals surface area (Å²) in [6.07, 6.45) is 3.01. The lowest BCUT2D eigenvalue weighted by Crippen LogP contribution is -2.48. The first kappa shape index (κ1) is 18.9. The monoisotopic (exact) mass is 366 g/mol. The van der Waals surface area contributed by atoms with E-state index in [4.69, 9.17) is 5.73 Å². The Morgan fingerprint density at radius 1 is 1.15 bits per heavy atom. The van der Waals surface area contributed by atoms with Gasteiger partial charge < -0.3 is 5.73 Å². The van der Waals surface area contributed by atoms with Crippen LogP contribution in [0.4, 0.5) is 13.2 Å². The zero-order chi connectivity index (χ0) is 18.7. The van der Waals surface area contributed by atoms with Crippen molar-refractivity contribution < 1.29 is 13.2 Å². The van der Waals surface area contributed by atoms with Crippen LogP contribution in [0.15, 0.2) is 36.7 Å². The molecule has 3 rings (SSSR count). The summed E-state index contributed by atoms with van der Waals surface area (Å²) in [7, 11) is 0. The van der Waals surface area contributed by atoms with E-state index in [1.165, 1.54) is 25.0 Å². The molecule has 142 valence electrons. The van der Waals surface area contributed by atoms with Gasteiger partial charge in [-0.1, -0.05) is 18.6 Å². The smallest absolute Gasteiger partial charge is 0.327 e. The van der Waals surface area contributed by atoms with E-state index in [-0.39, 0.29) is 6.04 Å². The van der Waals surface area contributed by atoms with Crippen LogP contribution >= 0.6 is 0 Å². The first-order chi connectivity index (χ1) is 12.3. The van der Waals surface area contributed by atoms with Gasteiger partial charge in [0.25, 0.3) is 0 Å². The second kappa shape index (κ2) is 7.80. The molecule has 7 heteroatoms. The highest BCUT2D eigenvalue weighted by Gasteiger charge is 2.30. The first-order valence-electron chi connectivity index (χ1n) is 9.00. The summed E-state index contributed by atoms with van der Waals surface area (Å²) in [6, 6.07) is 5.75. The number of nitrogens with two attached hydrogens (primary N) is 1.